The standard InChI is InChI=1S/C28H29N3OS/c1-19-14-15-20(2)26-25(19)16-24(27(32)30-26)18-31(17-22-10-6-4-7-11-22)28(33)29-21(3)23-12-8-5-9-13-23/h4-16,21H,17-18H2,1-3H3,(H,29,33)(H,30,32). The first-order valence-corrected chi connectivity index (χ1v) is 11.6. The fraction of sp³-hybridized carbons (Fsp3) is 0.214. The van der Waals surface area contributed by atoms with E-state index in [2.05, 4.69) is 59.4 Å². The third-order valence-electron chi connectivity index (χ3n) is 6.02. The van der Waals surface area contributed by atoms with E-state index in [1.165, 1.54) is 0 Å². The Balaban J connectivity index is 1.65. The number of benzene rings is 3. The van der Waals surface area contributed by atoms with Gasteiger partial charge in [0.05, 0.1) is 18.1 Å². The van der Waals surface area contributed by atoms with Crippen molar-refractivity contribution in [2.24, 2.45) is 0 Å². The zero-order valence-electron chi connectivity index (χ0n) is 19.3. The number of pyridine rings is 1. The topological polar surface area (TPSA) is 48.1 Å². The molecule has 0 amide bonds. The second kappa shape index (κ2) is 10.0. The van der Waals surface area contributed by atoms with Crippen LogP contribution in [0, 0.1) is 13.8 Å². The van der Waals surface area contributed by atoms with Crippen molar-refractivity contribution >= 4 is 28.2 Å². The third kappa shape index (κ3) is 5.32. The van der Waals surface area contributed by atoms with Crippen LogP contribution in [0.1, 0.15) is 40.8 Å². The van der Waals surface area contributed by atoms with Crippen molar-refractivity contribution < 1.29 is 0 Å². The van der Waals surface area contributed by atoms with Crippen molar-refractivity contribution in [1.29, 1.82) is 0 Å². The summed E-state index contributed by atoms with van der Waals surface area (Å²) < 4.78 is 0. The molecule has 0 aliphatic carbocycles. The van der Waals surface area contributed by atoms with Crippen LogP contribution in [0.25, 0.3) is 10.9 Å². The van der Waals surface area contributed by atoms with Gasteiger partial charge in [0.25, 0.3) is 5.56 Å². The van der Waals surface area contributed by atoms with Crippen molar-refractivity contribution in [2.45, 2.75) is 39.9 Å². The molecule has 2 N–H and O–H groups in total. The van der Waals surface area contributed by atoms with Gasteiger partial charge in [0.1, 0.15) is 0 Å². The minimum atomic E-state index is -0.0758. The summed E-state index contributed by atoms with van der Waals surface area (Å²) in [5, 5.41) is 5.15. The number of aromatic nitrogens is 1. The molecule has 1 aromatic heterocycles. The van der Waals surface area contributed by atoms with E-state index in [0.717, 1.165) is 33.2 Å². The van der Waals surface area contributed by atoms with Crippen LogP contribution in [-0.2, 0) is 13.1 Å². The van der Waals surface area contributed by atoms with E-state index in [0.29, 0.717) is 23.8 Å². The molecule has 0 spiro atoms. The molecular weight excluding hydrogens is 426 g/mol. The van der Waals surface area contributed by atoms with Crippen LogP contribution in [0.3, 0.4) is 0 Å². The first-order chi connectivity index (χ1) is 15.9. The molecule has 0 saturated carbocycles. The molecule has 168 valence electrons. The average molecular weight is 456 g/mol. The van der Waals surface area contributed by atoms with Gasteiger partial charge in [0.15, 0.2) is 5.11 Å². The maximum Gasteiger partial charge on any atom is 0.253 e. The van der Waals surface area contributed by atoms with Gasteiger partial charge in [-0.3, -0.25) is 4.79 Å². The number of thiocarbonyl (C=S) groups is 1. The number of aryl methyl sites for hydroxylation is 2. The minimum Gasteiger partial charge on any atom is -0.356 e. The zero-order chi connectivity index (χ0) is 23.4. The van der Waals surface area contributed by atoms with Crippen LogP contribution in [-0.4, -0.2) is 15.0 Å². The van der Waals surface area contributed by atoms with Crippen molar-refractivity contribution in [3.8, 4) is 0 Å². The van der Waals surface area contributed by atoms with Gasteiger partial charge in [-0.15, -0.1) is 0 Å². The van der Waals surface area contributed by atoms with Gasteiger partial charge < -0.3 is 15.2 Å². The summed E-state index contributed by atoms with van der Waals surface area (Å²) in [5.74, 6) is 0. The van der Waals surface area contributed by atoms with Crippen molar-refractivity contribution in [2.75, 3.05) is 0 Å². The lowest BCUT2D eigenvalue weighted by molar-refractivity contribution is 0.392. The highest BCUT2D eigenvalue weighted by atomic mass is 32.1. The van der Waals surface area contributed by atoms with Crippen LogP contribution in [0.2, 0.25) is 0 Å². The van der Waals surface area contributed by atoms with E-state index in [-0.39, 0.29) is 11.6 Å². The third-order valence-corrected chi connectivity index (χ3v) is 6.40. The number of fused-ring (bicyclic) bond motifs is 1. The number of nitrogens with zero attached hydrogens (tertiary/aromatic N) is 1. The van der Waals surface area contributed by atoms with Crippen LogP contribution < -0.4 is 10.9 Å². The minimum absolute atomic E-state index is 0.0526. The molecule has 0 aliphatic heterocycles. The fourth-order valence-corrected chi connectivity index (χ4v) is 4.35. The molecule has 4 rings (SSSR count). The molecule has 0 bridgehead atoms. The maximum absolute atomic E-state index is 13.0. The lowest BCUT2D eigenvalue weighted by Crippen LogP contribution is -2.41. The molecule has 1 atom stereocenters. The van der Waals surface area contributed by atoms with E-state index in [9.17, 15) is 4.79 Å². The Morgan fingerprint density at radius 1 is 0.939 bits per heavy atom. The van der Waals surface area contributed by atoms with Crippen LogP contribution >= 0.6 is 12.2 Å². The van der Waals surface area contributed by atoms with Crippen molar-refractivity contribution in [3.63, 3.8) is 0 Å². The van der Waals surface area contributed by atoms with Crippen molar-refractivity contribution in [1.82, 2.24) is 15.2 Å². The van der Waals surface area contributed by atoms with E-state index in [1.807, 2.05) is 55.5 Å². The molecule has 5 heteroatoms. The average Bonchev–Trinajstić information content (AvgIpc) is 2.83. The van der Waals surface area contributed by atoms with Gasteiger partial charge in [0, 0.05) is 17.5 Å². The highest BCUT2D eigenvalue weighted by Gasteiger charge is 2.17. The van der Waals surface area contributed by atoms with E-state index < -0.39 is 0 Å². The number of H-pyrrole nitrogens is 1. The summed E-state index contributed by atoms with van der Waals surface area (Å²) in [6, 6.07) is 26.6. The lowest BCUT2D eigenvalue weighted by Gasteiger charge is -2.28. The monoisotopic (exact) mass is 455 g/mol. The molecule has 0 radical (unpaired) electrons. The smallest absolute Gasteiger partial charge is 0.253 e. The molecule has 3 aromatic carbocycles. The Bertz CT molecular complexity index is 1320. The Morgan fingerprint density at radius 3 is 2.27 bits per heavy atom. The maximum atomic E-state index is 13.0. The van der Waals surface area contributed by atoms with Crippen LogP contribution in [0.4, 0.5) is 0 Å². The lowest BCUT2D eigenvalue weighted by atomic mass is 10.0. The predicted octanol–water partition coefficient (Wildman–Crippen LogP) is 5.78. The van der Waals surface area contributed by atoms with E-state index >= 15 is 0 Å². The molecule has 1 heterocycles. The van der Waals surface area contributed by atoms with Gasteiger partial charge in [0.2, 0.25) is 0 Å². The summed E-state index contributed by atoms with van der Waals surface area (Å²) in [7, 11) is 0. The van der Waals surface area contributed by atoms with Gasteiger partial charge in [-0.1, -0.05) is 72.8 Å². The largest absolute Gasteiger partial charge is 0.356 e. The molecule has 33 heavy (non-hydrogen) atoms. The Kier molecular flexibility index (Phi) is 6.90. The second-order valence-corrected chi connectivity index (χ2v) is 8.92. The second-order valence-electron chi connectivity index (χ2n) is 8.54. The first kappa shape index (κ1) is 22.7. The zero-order valence-corrected chi connectivity index (χ0v) is 20.1. The summed E-state index contributed by atoms with van der Waals surface area (Å²) >= 11 is 5.84. The van der Waals surface area contributed by atoms with Crippen LogP contribution in [0.15, 0.2) is 83.7 Å². The molecule has 0 aliphatic rings. The Labute approximate surface area is 200 Å². The fourth-order valence-electron chi connectivity index (χ4n) is 4.05. The molecule has 4 aromatic rings. The predicted molar refractivity (Wildman–Crippen MR) is 140 cm³/mol. The van der Waals surface area contributed by atoms with Gasteiger partial charge in [-0.25, -0.2) is 0 Å². The van der Waals surface area contributed by atoms with E-state index in [4.69, 9.17) is 12.2 Å². The highest BCUT2D eigenvalue weighted by molar-refractivity contribution is 7.80. The quantitative estimate of drug-likeness (QED) is 0.362. The number of nitrogens with one attached hydrogen (secondary N) is 2. The summed E-state index contributed by atoms with van der Waals surface area (Å²) in [6.07, 6.45) is 0. The van der Waals surface area contributed by atoms with Crippen LogP contribution in [0.5, 0.6) is 0 Å². The Hall–Kier alpha value is -3.44. The summed E-state index contributed by atoms with van der Waals surface area (Å²) in [6.45, 7) is 7.21. The van der Waals surface area contributed by atoms with Gasteiger partial charge in [-0.2, -0.15) is 0 Å². The highest BCUT2D eigenvalue weighted by Crippen LogP contribution is 2.21. The number of rotatable bonds is 6. The first-order valence-electron chi connectivity index (χ1n) is 11.2. The number of aromatic amines is 1. The van der Waals surface area contributed by atoms with Gasteiger partial charge in [-0.05, 0) is 61.3 Å². The van der Waals surface area contributed by atoms with Gasteiger partial charge >= 0.3 is 0 Å². The molecule has 4 nitrogen and oxygen atoms in total. The van der Waals surface area contributed by atoms with Crippen molar-refractivity contribution in [3.05, 3.63) is 117 Å². The molecule has 1 unspecified atom stereocenters. The molecule has 0 saturated heterocycles. The summed E-state index contributed by atoms with van der Waals surface area (Å²) in [4.78, 5) is 18.2. The SMILES string of the molecule is Cc1ccc(C)c2[nH]c(=O)c(CN(Cc3ccccc3)C(=S)NC(C)c3ccccc3)cc12. The van der Waals surface area contributed by atoms with E-state index in [1.54, 1.807) is 0 Å². The number of hydrogen-bond donors (Lipinski definition) is 2. The normalized spacial score (nSPS) is 11.8. The number of hydrogen-bond acceptors (Lipinski definition) is 2. The Morgan fingerprint density at radius 2 is 1.58 bits per heavy atom. The summed E-state index contributed by atoms with van der Waals surface area (Å²) in [5.41, 5.74) is 6.02. The molecular formula is C28H29N3OS. The molecule has 0 fully saturated rings.